The molecule has 0 spiro atoms. The summed E-state index contributed by atoms with van der Waals surface area (Å²) in [5.74, 6) is 1.86. The zero-order valence-electron chi connectivity index (χ0n) is 18.0. The van der Waals surface area contributed by atoms with E-state index in [4.69, 9.17) is 15.2 Å². The Bertz CT molecular complexity index is 1030. The number of ether oxygens (including phenoxy) is 2. The quantitative estimate of drug-likeness (QED) is 0.525. The molecule has 0 radical (unpaired) electrons. The minimum absolute atomic E-state index is 0.108. The fraction of sp³-hybridized carbons (Fsp3) is 0.409. The molecule has 0 atom stereocenters. The molecule has 8 nitrogen and oxygen atoms in total. The normalized spacial score (nSPS) is 11.1. The Kier molecular flexibility index (Phi) is 6.89. The van der Waals surface area contributed by atoms with Crippen LogP contribution in [0.3, 0.4) is 0 Å². The number of pyridine rings is 1. The molecule has 0 aliphatic heterocycles. The van der Waals surface area contributed by atoms with Gasteiger partial charge in [-0.1, -0.05) is 0 Å². The van der Waals surface area contributed by atoms with Crippen LogP contribution in [0.25, 0.3) is 11.0 Å². The van der Waals surface area contributed by atoms with Crippen LogP contribution in [0.4, 0.5) is 5.82 Å². The molecule has 0 fully saturated rings. The molecule has 0 bridgehead atoms. The molecule has 0 aliphatic carbocycles. The van der Waals surface area contributed by atoms with Crippen LogP contribution in [0.5, 0.6) is 5.75 Å². The molecule has 2 heterocycles. The number of benzene rings is 1. The first-order valence-corrected chi connectivity index (χ1v) is 10.1. The number of carbonyl (C=O) groups excluding carboxylic acids is 1. The molecule has 0 unspecified atom stereocenters. The lowest BCUT2D eigenvalue weighted by molar-refractivity contribution is 0.0952. The van der Waals surface area contributed by atoms with E-state index in [-0.39, 0.29) is 5.91 Å². The number of nitrogens with one attached hydrogen (secondary N) is 1. The number of aryl methyl sites for hydroxylation is 3. The van der Waals surface area contributed by atoms with Crippen molar-refractivity contribution in [3.8, 4) is 5.75 Å². The third kappa shape index (κ3) is 4.54. The Balaban J connectivity index is 1.72. The molecule has 0 aliphatic rings. The number of methoxy groups -OCH3 is 1. The van der Waals surface area contributed by atoms with Crippen molar-refractivity contribution >= 4 is 22.8 Å². The van der Waals surface area contributed by atoms with Gasteiger partial charge in [-0.2, -0.15) is 0 Å². The third-order valence-corrected chi connectivity index (χ3v) is 5.11. The predicted octanol–water partition coefficient (Wildman–Crippen LogP) is 3.00. The van der Waals surface area contributed by atoms with Gasteiger partial charge in [-0.25, -0.2) is 9.97 Å². The van der Waals surface area contributed by atoms with Gasteiger partial charge in [0.15, 0.2) is 5.82 Å². The van der Waals surface area contributed by atoms with Gasteiger partial charge in [-0.3, -0.25) is 4.79 Å². The minimum atomic E-state index is -0.108. The van der Waals surface area contributed by atoms with Crippen molar-refractivity contribution in [3.05, 3.63) is 46.9 Å². The number of anilines is 1. The second-order valence-corrected chi connectivity index (χ2v) is 7.06. The van der Waals surface area contributed by atoms with E-state index in [9.17, 15) is 4.79 Å². The molecule has 0 saturated heterocycles. The van der Waals surface area contributed by atoms with Crippen molar-refractivity contribution in [1.82, 2.24) is 19.9 Å². The van der Waals surface area contributed by atoms with E-state index in [1.807, 2.05) is 20.8 Å². The van der Waals surface area contributed by atoms with Crippen LogP contribution < -0.4 is 15.8 Å². The maximum atomic E-state index is 12.4. The largest absolute Gasteiger partial charge is 0.497 e. The number of rotatable bonds is 9. The number of nitrogen functional groups attached to an aromatic ring is 1. The lowest BCUT2D eigenvalue weighted by Gasteiger charge is -2.12. The minimum Gasteiger partial charge on any atom is -0.497 e. The van der Waals surface area contributed by atoms with E-state index in [0.29, 0.717) is 43.2 Å². The van der Waals surface area contributed by atoms with E-state index in [1.165, 1.54) is 0 Å². The lowest BCUT2D eigenvalue weighted by Crippen LogP contribution is -2.25. The van der Waals surface area contributed by atoms with Gasteiger partial charge in [0.2, 0.25) is 0 Å². The first-order valence-electron chi connectivity index (χ1n) is 10.1. The van der Waals surface area contributed by atoms with Gasteiger partial charge in [0.05, 0.1) is 12.6 Å². The SMILES string of the molecule is CCOCc1nc2c(N)nc(C)c(C)c2n1CCCNC(=O)c1ccc(OC)cc1. The summed E-state index contributed by atoms with van der Waals surface area (Å²) in [6.45, 7) is 8.15. The highest BCUT2D eigenvalue weighted by molar-refractivity contribution is 5.94. The van der Waals surface area contributed by atoms with Gasteiger partial charge in [0.25, 0.3) is 5.91 Å². The molecule has 3 rings (SSSR count). The molecule has 0 saturated carbocycles. The van der Waals surface area contributed by atoms with E-state index < -0.39 is 0 Å². The van der Waals surface area contributed by atoms with Crippen molar-refractivity contribution < 1.29 is 14.3 Å². The van der Waals surface area contributed by atoms with Crippen LogP contribution in [0.1, 0.15) is 40.8 Å². The van der Waals surface area contributed by atoms with Crippen LogP contribution in [0.15, 0.2) is 24.3 Å². The van der Waals surface area contributed by atoms with Crippen LogP contribution in [-0.4, -0.2) is 40.7 Å². The highest BCUT2D eigenvalue weighted by atomic mass is 16.5. The molecule has 1 amide bonds. The average Bonchev–Trinajstić information content (AvgIpc) is 3.12. The molecule has 3 N–H and O–H groups in total. The fourth-order valence-corrected chi connectivity index (χ4v) is 3.37. The Morgan fingerprint density at radius 2 is 1.93 bits per heavy atom. The molecule has 30 heavy (non-hydrogen) atoms. The van der Waals surface area contributed by atoms with E-state index >= 15 is 0 Å². The van der Waals surface area contributed by atoms with Gasteiger partial charge in [0.1, 0.15) is 23.7 Å². The lowest BCUT2D eigenvalue weighted by atomic mass is 10.2. The van der Waals surface area contributed by atoms with Crippen molar-refractivity contribution in [2.75, 3.05) is 26.0 Å². The molecule has 1 aromatic carbocycles. The third-order valence-electron chi connectivity index (χ3n) is 5.11. The Hall–Kier alpha value is -3.13. The Labute approximate surface area is 176 Å². The second-order valence-electron chi connectivity index (χ2n) is 7.06. The maximum Gasteiger partial charge on any atom is 0.251 e. The van der Waals surface area contributed by atoms with Crippen LogP contribution >= 0.6 is 0 Å². The summed E-state index contributed by atoms with van der Waals surface area (Å²) >= 11 is 0. The van der Waals surface area contributed by atoms with Crippen LogP contribution in [0, 0.1) is 13.8 Å². The number of nitrogens with zero attached hydrogens (tertiary/aromatic N) is 3. The number of amides is 1. The smallest absolute Gasteiger partial charge is 0.251 e. The molecule has 3 aromatic rings. The Morgan fingerprint density at radius 1 is 1.20 bits per heavy atom. The van der Waals surface area contributed by atoms with Crippen molar-refractivity contribution in [3.63, 3.8) is 0 Å². The number of carbonyl (C=O) groups is 1. The number of aromatic nitrogens is 3. The molecule has 160 valence electrons. The molecule has 2 aromatic heterocycles. The Morgan fingerprint density at radius 3 is 2.60 bits per heavy atom. The van der Waals surface area contributed by atoms with Gasteiger partial charge >= 0.3 is 0 Å². The standard InChI is InChI=1S/C22H29N5O3/c1-5-30-13-18-26-19-20(14(2)15(3)25-21(19)23)27(18)12-6-11-24-22(28)16-7-9-17(29-4)10-8-16/h7-10H,5-6,11-13H2,1-4H3,(H2,23,25)(H,24,28). The molecular formula is C22H29N5O3. The average molecular weight is 412 g/mol. The monoisotopic (exact) mass is 411 g/mol. The van der Waals surface area contributed by atoms with Gasteiger partial charge < -0.3 is 25.1 Å². The molecule has 8 heteroatoms. The zero-order chi connectivity index (χ0) is 21.7. The summed E-state index contributed by atoms with van der Waals surface area (Å²) in [7, 11) is 1.60. The van der Waals surface area contributed by atoms with Crippen LogP contribution in [-0.2, 0) is 17.9 Å². The van der Waals surface area contributed by atoms with Crippen molar-refractivity contribution in [1.29, 1.82) is 0 Å². The summed E-state index contributed by atoms with van der Waals surface area (Å²) in [5, 5.41) is 2.97. The first kappa shape index (κ1) is 21.6. The van der Waals surface area contributed by atoms with Crippen molar-refractivity contribution in [2.45, 2.75) is 40.3 Å². The number of hydrogen-bond donors (Lipinski definition) is 2. The van der Waals surface area contributed by atoms with Crippen LogP contribution in [0.2, 0.25) is 0 Å². The fourth-order valence-electron chi connectivity index (χ4n) is 3.37. The summed E-state index contributed by atoms with van der Waals surface area (Å²) in [6, 6.07) is 7.05. The van der Waals surface area contributed by atoms with E-state index in [1.54, 1.807) is 31.4 Å². The van der Waals surface area contributed by atoms with E-state index in [2.05, 4.69) is 19.9 Å². The zero-order valence-corrected chi connectivity index (χ0v) is 18.0. The number of nitrogens with two attached hydrogens (primary N) is 1. The second kappa shape index (κ2) is 9.58. The number of hydrogen-bond acceptors (Lipinski definition) is 6. The molecular weight excluding hydrogens is 382 g/mol. The van der Waals surface area contributed by atoms with Crippen molar-refractivity contribution in [2.24, 2.45) is 0 Å². The van der Waals surface area contributed by atoms with Gasteiger partial charge in [-0.05, 0) is 57.0 Å². The summed E-state index contributed by atoms with van der Waals surface area (Å²) in [6.07, 6.45) is 0.743. The maximum absolute atomic E-state index is 12.4. The predicted molar refractivity (Wildman–Crippen MR) is 117 cm³/mol. The summed E-state index contributed by atoms with van der Waals surface area (Å²) in [4.78, 5) is 21.4. The van der Waals surface area contributed by atoms with Gasteiger partial charge in [0, 0.05) is 31.0 Å². The summed E-state index contributed by atoms with van der Waals surface area (Å²) < 4.78 is 12.9. The number of fused-ring (bicyclic) bond motifs is 1. The first-order chi connectivity index (χ1) is 14.5. The summed E-state index contributed by atoms with van der Waals surface area (Å²) in [5.41, 5.74) is 10.4. The number of imidazole rings is 1. The highest BCUT2D eigenvalue weighted by Gasteiger charge is 2.17. The van der Waals surface area contributed by atoms with E-state index in [0.717, 1.165) is 34.8 Å². The highest BCUT2D eigenvalue weighted by Crippen LogP contribution is 2.26. The van der Waals surface area contributed by atoms with Gasteiger partial charge in [-0.15, -0.1) is 0 Å². The topological polar surface area (TPSA) is 104 Å².